The van der Waals surface area contributed by atoms with Crippen LogP contribution in [0.3, 0.4) is 0 Å². The van der Waals surface area contributed by atoms with Crippen molar-refractivity contribution in [2.24, 2.45) is 0 Å². The quantitative estimate of drug-likeness (QED) is 0.433. The van der Waals surface area contributed by atoms with Gasteiger partial charge in [-0.15, -0.1) is 0 Å². The summed E-state index contributed by atoms with van der Waals surface area (Å²) in [4.78, 5) is 27.8. The highest BCUT2D eigenvalue weighted by atomic mass is 31.3. The van der Waals surface area contributed by atoms with Crippen LogP contribution in [0.15, 0.2) is 0 Å². The predicted octanol–water partition coefficient (Wildman–Crippen LogP) is 0.633. The first kappa shape index (κ1) is 20.4. The molecule has 6 atom stereocenters. The Morgan fingerprint density at radius 3 is 2.23 bits per heavy atom. The van der Waals surface area contributed by atoms with Crippen molar-refractivity contribution >= 4 is 23.0 Å². The van der Waals surface area contributed by atoms with E-state index in [1.807, 2.05) is 0 Å². The first-order valence-corrected chi connectivity index (χ1v) is 11.1. The van der Waals surface area contributed by atoms with Crippen LogP contribution in [0.4, 0.5) is 0 Å². The molecule has 0 aliphatic carbocycles. The first-order chi connectivity index (χ1) is 9.86. The summed E-state index contributed by atoms with van der Waals surface area (Å²) in [5.74, 6) is -1.41. The molecule has 1 rings (SSSR count). The molecule has 0 bridgehead atoms. The summed E-state index contributed by atoms with van der Waals surface area (Å²) in [6, 6.07) is 0. The Bertz CT molecular complexity index is 521. The van der Waals surface area contributed by atoms with E-state index in [1.54, 1.807) is 6.92 Å². The molecule has 4 unspecified atom stereocenters. The third-order valence-electron chi connectivity index (χ3n) is 2.67. The van der Waals surface area contributed by atoms with Gasteiger partial charge in [-0.3, -0.25) is 13.7 Å². The highest BCUT2D eigenvalue weighted by Gasteiger charge is 2.41. The molecule has 1 heterocycles. The van der Waals surface area contributed by atoms with Crippen molar-refractivity contribution in [1.29, 1.82) is 0 Å². The maximum atomic E-state index is 11.7. The molecule has 1 aliphatic rings. The summed E-state index contributed by atoms with van der Waals surface area (Å²) in [6.07, 6.45) is -1.67. The molecule has 132 valence electrons. The lowest BCUT2D eigenvalue weighted by Crippen LogP contribution is -2.26. The van der Waals surface area contributed by atoms with E-state index >= 15 is 0 Å². The first-order valence-electron chi connectivity index (χ1n) is 6.07. The second kappa shape index (κ2) is 7.51. The number of aliphatic hydroxyl groups excluding tert-OH is 1. The van der Waals surface area contributed by atoms with Crippen LogP contribution < -0.4 is 0 Å². The van der Waals surface area contributed by atoms with Crippen molar-refractivity contribution < 1.29 is 51.6 Å². The lowest BCUT2D eigenvalue weighted by Gasteiger charge is -2.20. The molecule has 11 nitrogen and oxygen atoms in total. The normalized spacial score (nSPS) is 33.8. The van der Waals surface area contributed by atoms with Crippen molar-refractivity contribution in [1.82, 2.24) is 0 Å². The molecule has 0 amide bonds. The van der Waals surface area contributed by atoms with Crippen LogP contribution in [0.25, 0.3) is 0 Å². The molecular weight excluding hydrogens is 365 g/mol. The number of ether oxygens (including phenoxy) is 1. The Morgan fingerprint density at radius 1 is 1.18 bits per heavy atom. The second-order valence-electron chi connectivity index (χ2n) is 4.73. The van der Waals surface area contributed by atoms with Gasteiger partial charge in [0.15, 0.2) is 5.90 Å². The van der Waals surface area contributed by atoms with E-state index in [1.165, 1.54) is 0 Å². The maximum absolute atomic E-state index is 11.7. The van der Waals surface area contributed by atoms with Gasteiger partial charge in [0.2, 0.25) is 0 Å². The zero-order valence-electron chi connectivity index (χ0n) is 11.8. The minimum atomic E-state index is -4.92. The lowest BCUT2D eigenvalue weighted by atomic mass is 10.1. The lowest BCUT2D eigenvalue weighted by molar-refractivity contribution is -0.0127. The van der Waals surface area contributed by atoms with Gasteiger partial charge in [-0.05, 0) is 6.92 Å². The van der Waals surface area contributed by atoms with Crippen LogP contribution in [-0.2, 0) is 31.8 Å². The van der Waals surface area contributed by atoms with Gasteiger partial charge in [0.25, 0.3) is 0 Å². The van der Waals surface area contributed by atoms with E-state index in [4.69, 9.17) is 9.63 Å². The zero-order valence-corrected chi connectivity index (χ0v) is 14.5. The van der Waals surface area contributed by atoms with Crippen LogP contribution in [0, 0.1) is 0 Å². The van der Waals surface area contributed by atoms with Crippen molar-refractivity contribution in [2.75, 3.05) is 19.6 Å². The molecule has 0 saturated carbocycles. The van der Waals surface area contributed by atoms with Gasteiger partial charge in [0.05, 0.1) is 18.8 Å². The third kappa shape index (κ3) is 6.86. The molecule has 4 N–H and O–H groups in total. The number of hydrogen-bond donors (Lipinski definition) is 4. The van der Waals surface area contributed by atoms with Crippen LogP contribution >= 0.6 is 23.0 Å². The molecule has 0 radical (unpaired) electrons. The van der Waals surface area contributed by atoms with Crippen LogP contribution in [-0.4, -0.2) is 57.7 Å². The van der Waals surface area contributed by atoms with Crippen molar-refractivity contribution in [3.05, 3.63) is 0 Å². The van der Waals surface area contributed by atoms with Gasteiger partial charge in [-0.25, -0.2) is 8.88 Å². The van der Waals surface area contributed by atoms with E-state index in [2.05, 4.69) is 13.4 Å². The number of phosphoric acid groups is 1. The predicted molar refractivity (Wildman–Crippen MR) is 73.3 cm³/mol. The molecule has 0 spiro atoms. The SMILES string of the molecule is COP(=O)(O)OP(=O)(O)CP(=O)(O)OC[C@H]1O[C@@H](C)CC1O. The molecule has 0 aromatic rings. The molecule has 1 saturated heterocycles. The maximum Gasteiger partial charge on any atom is 0.479 e. The summed E-state index contributed by atoms with van der Waals surface area (Å²) in [5, 5.41) is 9.58. The van der Waals surface area contributed by atoms with Crippen LogP contribution in [0.2, 0.25) is 0 Å². The van der Waals surface area contributed by atoms with Crippen molar-refractivity contribution in [3.63, 3.8) is 0 Å². The van der Waals surface area contributed by atoms with Gasteiger partial charge < -0.3 is 29.0 Å². The summed E-state index contributed by atoms with van der Waals surface area (Å²) in [5.41, 5.74) is 0. The van der Waals surface area contributed by atoms with E-state index in [0.29, 0.717) is 6.42 Å². The summed E-state index contributed by atoms with van der Waals surface area (Å²) in [7, 11) is -13.6. The Morgan fingerprint density at radius 2 is 1.77 bits per heavy atom. The van der Waals surface area contributed by atoms with Crippen molar-refractivity contribution in [3.8, 4) is 0 Å². The molecule has 0 aromatic carbocycles. The molecule has 1 aliphatic heterocycles. The smallest absolute Gasteiger partial charge is 0.390 e. The van der Waals surface area contributed by atoms with E-state index < -0.39 is 47.7 Å². The number of hydrogen-bond acceptors (Lipinski definition) is 8. The average Bonchev–Trinajstić information content (AvgIpc) is 2.62. The number of rotatable bonds is 8. The standard InChI is InChI=1S/C8H19O11P3/c1-6-3-7(9)8(18-6)4-17-20(10,11)5-21(12,13)19-22(14,15)16-2/h6-9H,3-5H2,1-2H3,(H,10,11)(H,12,13)(H,14,15)/t6-,7?,8+/m0/s1. The molecular formula is C8H19O11P3. The number of phosphoric ester groups is 1. The van der Waals surface area contributed by atoms with Crippen molar-refractivity contribution in [2.45, 2.75) is 31.7 Å². The van der Waals surface area contributed by atoms with Gasteiger partial charge in [0, 0.05) is 13.5 Å². The zero-order chi connectivity index (χ0) is 17.2. The minimum Gasteiger partial charge on any atom is -0.390 e. The van der Waals surface area contributed by atoms with Gasteiger partial charge in [-0.1, -0.05) is 0 Å². The highest BCUT2D eigenvalue weighted by molar-refractivity contribution is 7.74. The monoisotopic (exact) mass is 384 g/mol. The Balaban J connectivity index is 2.58. The van der Waals surface area contributed by atoms with E-state index in [0.717, 1.165) is 7.11 Å². The Hall–Kier alpha value is 0.370. The van der Waals surface area contributed by atoms with Gasteiger partial charge in [0.1, 0.15) is 6.10 Å². The van der Waals surface area contributed by atoms with Crippen LogP contribution in [0.5, 0.6) is 0 Å². The van der Waals surface area contributed by atoms with Crippen LogP contribution in [0.1, 0.15) is 13.3 Å². The van der Waals surface area contributed by atoms with E-state index in [9.17, 15) is 28.6 Å². The van der Waals surface area contributed by atoms with Gasteiger partial charge >= 0.3 is 23.0 Å². The van der Waals surface area contributed by atoms with E-state index in [-0.39, 0.29) is 6.10 Å². The fraction of sp³-hybridized carbons (Fsp3) is 1.00. The summed E-state index contributed by atoms with van der Waals surface area (Å²) >= 11 is 0. The fourth-order valence-electron chi connectivity index (χ4n) is 1.76. The second-order valence-corrected chi connectivity index (χ2v) is 10.6. The molecule has 0 aromatic heterocycles. The fourth-order valence-corrected chi connectivity index (χ4v) is 6.50. The third-order valence-corrected chi connectivity index (χ3v) is 8.39. The molecule has 1 fully saturated rings. The Kier molecular flexibility index (Phi) is 6.97. The summed E-state index contributed by atoms with van der Waals surface area (Å²) in [6.45, 7) is 1.21. The number of aliphatic hydroxyl groups is 1. The summed E-state index contributed by atoms with van der Waals surface area (Å²) < 4.78 is 52.0. The topological polar surface area (TPSA) is 169 Å². The molecule has 14 heteroatoms. The average molecular weight is 384 g/mol. The van der Waals surface area contributed by atoms with Gasteiger partial charge in [-0.2, -0.15) is 0 Å². The largest absolute Gasteiger partial charge is 0.479 e. The highest BCUT2D eigenvalue weighted by Crippen LogP contribution is 2.66. The molecule has 22 heavy (non-hydrogen) atoms. The Labute approximate surface area is 126 Å². The minimum absolute atomic E-state index is 0.254.